The highest BCUT2D eigenvalue weighted by atomic mass is 32.2. The van der Waals surface area contributed by atoms with E-state index >= 15 is 0 Å². The van der Waals surface area contributed by atoms with Crippen molar-refractivity contribution in [3.05, 3.63) is 48.0 Å². The molecule has 2 heterocycles. The zero-order valence-corrected chi connectivity index (χ0v) is 19.0. The van der Waals surface area contributed by atoms with Crippen molar-refractivity contribution in [2.45, 2.75) is 32.1 Å². The minimum atomic E-state index is -0.508. The van der Waals surface area contributed by atoms with E-state index in [1.165, 1.54) is 5.56 Å². The Balaban J connectivity index is 1.27. The van der Waals surface area contributed by atoms with Crippen molar-refractivity contribution in [2.24, 2.45) is 0 Å². The Morgan fingerprint density at radius 2 is 1.65 bits per heavy atom. The molecule has 1 aromatic heterocycles. The van der Waals surface area contributed by atoms with Crippen molar-refractivity contribution < 1.29 is 18.7 Å². The fourth-order valence-corrected chi connectivity index (χ4v) is 4.55. The van der Waals surface area contributed by atoms with Crippen molar-refractivity contribution in [3.8, 4) is 0 Å². The lowest BCUT2D eigenvalue weighted by Gasteiger charge is -2.35. The molecule has 31 heavy (non-hydrogen) atoms. The monoisotopic (exact) mass is 440 g/mol. The maximum atomic E-state index is 12.6. The molecule has 0 aliphatic carbocycles. The molecule has 1 aliphatic rings. The van der Waals surface area contributed by atoms with E-state index in [1.807, 2.05) is 49.9 Å². The van der Waals surface area contributed by atoms with Gasteiger partial charge >= 0.3 is 6.09 Å². The Morgan fingerprint density at radius 3 is 2.39 bits per heavy atom. The zero-order chi connectivity index (χ0) is 22.0. The van der Waals surface area contributed by atoms with Crippen molar-refractivity contribution >= 4 is 45.7 Å². The summed E-state index contributed by atoms with van der Waals surface area (Å²) in [6.45, 7) is 7.68. The Hall–Kier alpha value is -2.67. The molecule has 6 nitrogen and oxygen atoms in total. The first-order valence-electron chi connectivity index (χ1n) is 10.5. The minimum absolute atomic E-state index is 0.115. The molecule has 2 aromatic carbocycles. The second-order valence-corrected chi connectivity index (χ2v) is 9.76. The molecule has 164 valence electrons. The van der Waals surface area contributed by atoms with Crippen LogP contribution in [0.4, 0.5) is 4.79 Å². The van der Waals surface area contributed by atoms with Crippen molar-refractivity contribution in [1.82, 2.24) is 9.80 Å². The molecule has 0 bridgehead atoms. The maximum absolute atomic E-state index is 12.6. The predicted octanol–water partition coefficient (Wildman–Crippen LogP) is 4.90. The molecule has 2 amide bonds. The molecule has 0 atom stereocenters. The van der Waals surface area contributed by atoms with Crippen molar-refractivity contribution in [2.75, 3.05) is 31.9 Å². The van der Waals surface area contributed by atoms with Gasteiger partial charge in [0.2, 0.25) is 5.91 Å². The van der Waals surface area contributed by atoms with E-state index < -0.39 is 5.60 Å². The topological polar surface area (TPSA) is 63.0 Å². The van der Waals surface area contributed by atoms with Crippen LogP contribution >= 0.6 is 11.8 Å². The Labute approximate surface area is 186 Å². The Kier molecular flexibility index (Phi) is 6.14. The standard InChI is InChI=1S/C24H28N2O4S/c1-24(2,3)30-23(28)26-12-10-25(11-13-26)22(27)16-31-15-17-8-9-21-19(14-17)18-6-4-5-7-20(18)29-21/h4-9,14H,10-13,15-16H2,1-3H3. The van der Waals surface area contributed by atoms with Gasteiger partial charge in [-0.15, -0.1) is 11.8 Å². The van der Waals surface area contributed by atoms with Gasteiger partial charge in [0.05, 0.1) is 5.75 Å². The average molecular weight is 441 g/mol. The van der Waals surface area contributed by atoms with Crippen LogP contribution in [0, 0.1) is 0 Å². The summed E-state index contributed by atoms with van der Waals surface area (Å²) in [7, 11) is 0. The molecule has 3 aromatic rings. The van der Waals surface area contributed by atoms with Crippen LogP contribution in [0.2, 0.25) is 0 Å². The summed E-state index contributed by atoms with van der Waals surface area (Å²) in [5.74, 6) is 1.30. The molecule has 1 saturated heterocycles. The van der Waals surface area contributed by atoms with Crippen molar-refractivity contribution in [1.29, 1.82) is 0 Å². The average Bonchev–Trinajstić information content (AvgIpc) is 3.10. The maximum Gasteiger partial charge on any atom is 0.410 e. The number of amides is 2. The summed E-state index contributed by atoms with van der Waals surface area (Å²) in [5, 5.41) is 2.22. The molecule has 1 fully saturated rings. The van der Waals surface area contributed by atoms with E-state index in [2.05, 4.69) is 18.2 Å². The Morgan fingerprint density at radius 1 is 0.968 bits per heavy atom. The van der Waals surface area contributed by atoms with E-state index in [9.17, 15) is 9.59 Å². The lowest BCUT2D eigenvalue weighted by Crippen LogP contribution is -2.52. The summed E-state index contributed by atoms with van der Waals surface area (Å²) >= 11 is 1.61. The molecular formula is C24H28N2O4S. The number of rotatable bonds is 4. The molecule has 0 unspecified atom stereocenters. The third kappa shape index (κ3) is 5.15. The van der Waals surface area contributed by atoms with Gasteiger partial charge in [-0.3, -0.25) is 4.79 Å². The summed E-state index contributed by atoms with van der Waals surface area (Å²) < 4.78 is 11.3. The molecule has 0 spiro atoms. The first-order valence-corrected chi connectivity index (χ1v) is 11.7. The first-order chi connectivity index (χ1) is 14.8. The number of carbonyl (C=O) groups excluding carboxylic acids is 2. The van der Waals surface area contributed by atoms with E-state index in [1.54, 1.807) is 16.7 Å². The van der Waals surface area contributed by atoms with Crippen LogP contribution in [-0.2, 0) is 15.3 Å². The van der Waals surface area contributed by atoms with Gasteiger partial charge in [0.25, 0.3) is 0 Å². The first kappa shape index (κ1) is 21.6. The number of carbonyl (C=O) groups is 2. The molecule has 0 radical (unpaired) electrons. The highest BCUT2D eigenvalue weighted by molar-refractivity contribution is 7.99. The van der Waals surface area contributed by atoms with Crippen LogP contribution in [0.25, 0.3) is 21.9 Å². The number of ether oxygens (including phenoxy) is 1. The number of benzene rings is 2. The number of hydrogen-bond donors (Lipinski definition) is 0. The molecule has 0 N–H and O–H groups in total. The summed E-state index contributed by atoms with van der Waals surface area (Å²) in [4.78, 5) is 28.3. The third-order valence-corrected chi connectivity index (χ3v) is 6.21. The minimum Gasteiger partial charge on any atom is -0.456 e. The highest BCUT2D eigenvalue weighted by Crippen LogP contribution is 2.30. The van der Waals surface area contributed by atoms with Crippen LogP contribution in [0.1, 0.15) is 26.3 Å². The van der Waals surface area contributed by atoms with Gasteiger partial charge in [-0.25, -0.2) is 4.79 Å². The van der Waals surface area contributed by atoms with Crippen LogP contribution in [0.5, 0.6) is 0 Å². The summed E-state index contributed by atoms with van der Waals surface area (Å²) in [5.41, 5.74) is 2.44. The van der Waals surface area contributed by atoms with Gasteiger partial charge in [-0.1, -0.05) is 24.3 Å². The van der Waals surface area contributed by atoms with E-state index in [-0.39, 0.29) is 12.0 Å². The van der Waals surface area contributed by atoms with Gasteiger partial charge < -0.3 is 19.0 Å². The quantitative estimate of drug-likeness (QED) is 0.578. The van der Waals surface area contributed by atoms with Crippen LogP contribution in [-0.4, -0.2) is 59.3 Å². The fraction of sp³-hybridized carbons (Fsp3) is 0.417. The normalized spacial score (nSPS) is 14.9. The van der Waals surface area contributed by atoms with Crippen LogP contribution in [0.15, 0.2) is 46.9 Å². The van der Waals surface area contributed by atoms with E-state index in [0.29, 0.717) is 31.9 Å². The van der Waals surface area contributed by atoms with Gasteiger partial charge in [0, 0.05) is 42.7 Å². The summed E-state index contributed by atoms with van der Waals surface area (Å²) in [6, 6.07) is 14.2. The van der Waals surface area contributed by atoms with Crippen molar-refractivity contribution in [3.63, 3.8) is 0 Å². The SMILES string of the molecule is CC(C)(C)OC(=O)N1CCN(C(=O)CSCc2ccc3oc4ccccc4c3c2)CC1. The molecule has 7 heteroatoms. The number of fused-ring (bicyclic) bond motifs is 3. The van der Waals surface area contributed by atoms with Crippen LogP contribution < -0.4 is 0 Å². The predicted molar refractivity (Wildman–Crippen MR) is 124 cm³/mol. The van der Waals surface area contributed by atoms with Gasteiger partial charge in [0.15, 0.2) is 0 Å². The highest BCUT2D eigenvalue weighted by Gasteiger charge is 2.27. The number of nitrogens with zero attached hydrogens (tertiary/aromatic N) is 2. The second kappa shape index (κ2) is 8.83. The number of hydrogen-bond acceptors (Lipinski definition) is 5. The largest absolute Gasteiger partial charge is 0.456 e. The zero-order valence-electron chi connectivity index (χ0n) is 18.2. The Bertz CT molecular complexity index is 1090. The van der Waals surface area contributed by atoms with E-state index in [0.717, 1.165) is 27.7 Å². The number of para-hydroxylation sites is 1. The van der Waals surface area contributed by atoms with E-state index in [4.69, 9.17) is 9.15 Å². The van der Waals surface area contributed by atoms with Gasteiger partial charge in [0.1, 0.15) is 16.8 Å². The smallest absolute Gasteiger partial charge is 0.410 e. The molecule has 0 saturated carbocycles. The molecule has 1 aliphatic heterocycles. The fourth-order valence-electron chi connectivity index (χ4n) is 3.68. The third-order valence-electron chi connectivity index (χ3n) is 5.22. The number of thioether (sulfide) groups is 1. The molecular weight excluding hydrogens is 412 g/mol. The lowest BCUT2D eigenvalue weighted by atomic mass is 10.1. The number of furan rings is 1. The molecule has 4 rings (SSSR count). The second-order valence-electron chi connectivity index (χ2n) is 8.77. The number of piperazine rings is 1. The van der Waals surface area contributed by atoms with Gasteiger partial charge in [-0.2, -0.15) is 0 Å². The van der Waals surface area contributed by atoms with Crippen LogP contribution in [0.3, 0.4) is 0 Å². The van der Waals surface area contributed by atoms with Gasteiger partial charge in [-0.05, 0) is 44.5 Å². The lowest BCUT2D eigenvalue weighted by molar-refractivity contribution is -0.130. The summed E-state index contributed by atoms with van der Waals surface area (Å²) in [6.07, 6.45) is -0.309.